The molecule has 0 spiro atoms. The Morgan fingerprint density at radius 1 is 1.25 bits per heavy atom. The van der Waals surface area contributed by atoms with Gasteiger partial charge in [-0.2, -0.15) is 12.7 Å². The van der Waals surface area contributed by atoms with E-state index in [1.807, 2.05) is 4.72 Å². The molecule has 3 amide bonds. The van der Waals surface area contributed by atoms with Gasteiger partial charge < -0.3 is 15.3 Å². The lowest BCUT2D eigenvalue weighted by Crippen LogP contribution is -2.54. The van der Waals surface area contributed by atoms with Crippen LogP contribution in [-0.4, -0.2) is 67.0 Å². The SMILES string of the molecule is CN(C(=O)[C@H](Cc1cc(F)cc(F)c1)NC(=O)NS(=O)(=O)N1CC[C@H](O)C1)c1ccc2scnc2c1. The molecule has 10 nitrogen and oxygen atoms in total. The van der Waals surface area contributed by atoms with Crippen LogP contribution in [0, 0.1) is 11.6 Å². The van der Waals surface area contributed by atoms with Crippen LogP contribution in [0.25, 0.3) is 10.2 Å². The van der Waals surface area contributed by atoms with E-state index >= 15 is 0 Å². The third-order valence-corrected chi connectivity index (χ3v) is 7.95. The van der Waals surface area contributed by atoms with Crippen LogP contribution in [0.1, 0.15) is 12.0 Å². The predicted molar refractivity (Wildman–Crippen MR) is 130 cm³/mol. The Hall–Kier alpha value is -3.20. The average molecular weight is 540 g/mol. The van der Waals surface area contributed by atoms with Gasteiger partial charge in [0.1, 0.15) is 17.7 Å². The number of aliphatic hydroxyl groups excluding tert-OH is 1. The molecule has 2 aromatic carbocycles. The van der Waals surface area contributed by atoms with Gasteiger partial charge >= 0.3 is 16.2 Å². The Morgan fingerprint density at radius 3 is 2.64 bits per heavy atom. The van der Waals surface area contributed by atoms with Crippen LogP contribution in [0.4, 0.5) is 19.3 Å². The van der Waals surface area contributed by atoms with E-state index in [-0.39, 0.29) is 31.5 Å². The quantitative estimate of drug-likeness (QED) is 0.419. The molecule has 0 unspecified atom stereocenters. The van der Waals surface area contributed by atoms with E-state index in [0.29, 0.717) is 17.3 Å². The number of nitrogens with one attached hydrogen (secondary N) is 2. The zero-order valence-corrected chi connectivity index (χ0v) is 20.7. The Morgan fingerprint density at radius 2 is 1.97 bits per heavy atom. The van der Waals surface area contributed by atoms with Crippen molar-refractivity contribution in [2.24, 2.45) is 0 Å². The third kappa shape index (κ3) is 5.95. The summed E-state index contributed by atoms with van der Waals surface area (Å²) in [5.74, 6) is -2.38. The molecule has 14 heteroatoms. The lowest BCUT2D eigenvalue weighted by atomic mass is 10.0. The molecule has 0 saturated carbocycles. The Bertz CT molecular complexity index is 1380. The van der Waals surface area contributed by atoms with E-state index in [1.54, 1.807) is 23.7 Å². The van der Waals surface area contributed by atoms with E-state index in [4.69, 9.17) is 0 Å². The highest BCUT2D eigenvalue weighted by Crippen LogP contribution is 2.24. The van der Waals surface area contributed by atoms with E-state index in [0.717, 1.165) is 21.1 Å². The number of aliphatic hydroxyl groups is 1. The summed E-state index contributed by atoms with van der Waals surface area (Å²) in [5.41, 5.74) is 2.85. The number of urea groups is 1. The van der Waals surface area contributed by atoms with Gasteiger partial charge in [0.15, 0.2) is 0 Å². The topological polar surface area (TPSA) is 132 Å². The summed E-state index contributed by atoms with van der Waals surface area (Å²) in [6.07, 6.45) is -0.930. The zero-order valence-electron chi connectivity index (χ0n) is 19.0. The number of hydrogen-bond donors (Lipinski definition) is 3. The summed E-state index contributed by atoms with van der Waals surface area (Å²) in [4.78, 5) is 31.4. The van der Waals surface area contributed by atoms with Gasteiger partial charge in [-0.3, -0.25) is 4.79 Å². The number of β-amino-alcohol motifs (C(OH)–C–C–N with tert-alkyl or cyclic N) is 1. The van der Waals surface area contributed by atoms with Gasteiger partial charge in [-0.05, 0) is 42.3 Å². The smallest absolute Gasteiger partial charge is 0.330 e. The lowest BCUT2D eigenvalue weighted by Gasteiger charge is -2.25. The minimum atomic E-state index is -4.28. The van der Waals surface area contributed by atoms with Crippen LogP contribution in [0.3, 0.4) is 0 Å². The number of carbonyl (C=O) groups excluding carboxylic acids is 2. The fourth-order valence-corrected chi connectivity index (χ4v) is 5.67. The van der Waals surface area contributed by atoms with E-state index < -0.39 is 45.9 Å². The molecule has 0 aliphatic carbocycles. The number of halogens is 2. The van der Waals surface area contributed by atoms with Crippen LogP contribution in [0.2, 0.25) is 0 Å². The molecule has 1 aromatic heterocycles. The fourth-order valence-electron chi connectivity index (χ4n) is 3.88. The standard InChI is InChI=1S/C22H23F2N5O5S2/c1-28(16-2-3-20-18(10-16)25-12-35-20)21(31)19(8-13-6-14(23)9-15(24)7-13)26-22(32)27-36(33,34)29-5-4-17(30)11-29/h2-3,6-7,9-10,12,17,19,30H,4-5,8,11H2,1H3,(H2,26,27,32)/t17-,19-/m0/s1. The molecule has 0 bridgehead atoms. The van der Waals surface area contributed by atoms with Gasteiger partial charge in [-0.25, -0.2) is 23.3 Å². The molecule has 1 aliphatic heterocycles. The maximum atomic E-state index is 13.8. The van der Waals surface area contributed by atoms with Crippen molar-refractivity contribution < 1.29 is 31.9 Å². The number of anilines is 1. The van der Waals surface area contributed by atoms with Gasteiger partial charge in [0, 0.05) is 38.3 Å². The number of likely N-dealkylation sites (N-methyl/N-ethyl adjacent to an activating group) is 1. The van der Waals surface area contributed by atoms with Crippen molar-refractivity contribution in [2.45, 2.75) is 25.0 Å². The molecule has 2 heterocycles. The minimum Gasteiger partial charge on any atom is -0.392 e. The maximum absolute atomic E-state index is 13.8. The largest absolute Gasteiger partial charge is 0.392 e. The molecule has 36 heavy (non-hydrogen) atoms. The molecule has 2 atom stereocenters. The van der Waals surface area contributed by atoms with Gasteiger partial charge in [0.05, 0.1) is 21.8 Å². The molecule has 3 N–H and O–H groups in total. The van der Waals surface area contributed by atoms with Crippen molar-refractivity contribution in [3.8, 4) is 0 Å². The van der Waals surface area contributed by atoms with Crippen LogP contribution in [-0.2, 0) is 21.4 Å². The summed E-state index contributed by atoms with van der Waals surface area (Å²) in [7, 11) is -2.83. The first-order valence-electron chi connectivity index (χ1n) is 10.8. The summed E-state index contributed by atoms with van der Waals surface area (Å²) < 4.78 is 56.1. The molecule has 1 saturated heterocycles. The van der Waals surface area contributed by atoms with Crippen molar-refractivity contribution in [3.05, 3.63) is 59.1 Å². The Kier molecular flexibility index (Phi) is 7.49. The van der Waals surface area contributed by atoms with Crippen molar-refractivity contribution in [3.63, 3.8) is 0 Å². The first-order valence-corrected chi connectivity index (χ1v) is 13.2. The highest BCUT2D eigenvalue weighted by molar-refractivity contribution is 7.87. The number of nitrogens with zero attached hydrogens (tertiary/aromatic N) is 3. The van der Waals surface area contributed by atoms with Crippen LogP contribution >= 0.6 is 11.3 Å². The van der Waals surface area contributed by atoms with Crippen molar-refractivity contribution in [1.29, 1.82) is 0 Å². The monoisotopic (exact) mass is 539 g/mol. The van der Waals surface area contributed by atoms with Crippen molar-refractivity contribution >= 4 is 49.4 Å². The number of thiazole rings is 1. The Balaban J connectivity index is 1.56. The van der Waals surface area contributed by atoms with Gasteiger partial charge in [0.25, 0.3) is 0 Å². The second kappa shape index (κ2) is 10.4. The number of carbonyl (C=O) groups is 2. The molecular formula is C22H23F2N5O5S2. The number of hydrogen-bond acceptors (Lipinski definition) is 7. The molecule has 4 rings (SSSR count). The predicted octanol–water partition coefficient (Wildman–Crippen LogP) is 1.76. The van der Waals surface area contributed by atoms with E-state index in [1.165, 1.54) is 23.3 Å². The average Bonchev–Trinajstić information content (AvgIpc) is 3.45. The van der Waals surface area contributed by atoms with Crippen LogP contribution in [0.15, 0.2) is 41.9 Å². The maximum Gasteiger partial charge on any atom is 0.330 e. The first kappa shape index (κ1) is 25.9. The molecule has 192 valence electrons. The minimum absolute atomic E-state index is 0.0243. The van der Waals surface area contributed by atoms with Gasteiger partial charge in [-0.15, -0.1) is 11.3 Å². The molecule has 1 aliphatic rings. The highest BCUT2D eigenvalue weighted by Gasteiger charge is 2.33. The second-order valence-electron chi connectivity index (χ2n) is 8.32. The Labute approximate surface area is 209 Å². The van der Waals surface area contributed by atoms with Crippen molar-refractivity contribution in [2.75, 3.05) is 25.0 Å². The summed E-state index contributed by atoms with van der Waals surface area (Å²) in [5, 5.41) is 11.9. The third-order valence-electron chi connectivity index (χ3n) is 5.69. The number of aromatic nitrogens is 1. The van der Waals surface area contributed by atoms with E-state index in [2.05, 4.69) is 10.3 Å². The fraction of sp³-hybridized carbons (Fsp3) is 0.318. The van der Waals surface area contributed by atoms with Gasteiger partial charge in [0.2, 0.25) is 5.91 Å². The molecule has 1 fully saturated rings. The second-order valence-corrected chi connectivity index (χ2v) is 10.9. The van der Waals surface area contributed by atoms with E-state index in [9.17, 15) is 31.9 Å². The van der Waals surface area contributed by atoms with Crippen molar-refractivity contribution in [1.82, 2.24) is 19.3 Å². The summed E-state index contributed by atoms with van der Waals surface area (Å²) in [6.45, 7) is -0.147. The van der Waals surface area contributed by atoms with Crippen LogP contribution in [0.5, 0.6) is 0 Å². The number of benzene rings is 2. The molecule has 3 aromatic rings. The normalized spacial score (nSPS) is 17.2. The van der Waals surface area contributed by atoms with Crippen LogP contribution < -0.4 is 14.9 Å². The highest BCUT2D eigenvalue weighted by atomic mass is 32.2. The summed E-state index contributed by atoms with van der Waals surface area (Å²) in [6, 6.07) is 5.27. The molecular weight excluding hydrogens is 516 g/mol. The zero-order chi connectivity index (χ0) is 26.0. The first-order chi connectivity index (χ1) is 17.0. The number of rotatable bonds is 7. The number of amides is 3. The lowest BCUT2D eigenvalue weighted by molar-refractivity contribution is -0.120. The number of fused-ring (bicyclic) bond motifs is 1. The molecule has 0 radical (unpaired) electrons. The summed E-state index contributed by atoms with van der Waals surface area (Å²) >= 11 is 1.42. The van der Waals surface area contributed by atoms with Gasteiger partial charge in [-0.1, -0.05) is 0 Å².